The minimum absolute atomic E-state index is 1.37. The highest BCUT2D eigenvalue weighted by molar-refractivity contribution is 7.80. The van der Waals surface area contributed by atoms with Gasteiger partial charge in [-0.2, -0.15) is 12.6 Å². The smallest absolute Gasteiger partial charge is 0.0572 e. The molecule has 0 amide bonds. The Morgan fingerprint density at radius 3 is 2.50 bits per heavy atom. The molecular formula is C2H6OS. The van der Waals surface area contributed by atoms with E-state index in [1.54, 1.807) is 0 Å². The molecule has 0 saturated heterocycles. The molecule has 0 rings (SSSR count). The molecule has 0 aromatic rings. The molecule has 2 heteroatoms. The Balaban J connectivity index is 3.54. The van der Waals surface area contributed by atoms with Crippen molar-refractivity contribution in [2.24, 2.45) is 0 Å². The van der Waals surface area contributed by atoms with Crippen molar-refractivity contribution in [3.63, 3.8) is 0 Å². The maximum atomic E-state index is 8.16. The molecule has 0 spiro atoms. The van der Waals surface area contributed by atoms with Crippen molar-refractivity contribution in [1.82, 2.24) is 0 Å². The van der Waals surface area contributed by atoms with E-state index in [4.69, 9.17) is 9.22 Å². The van der Waals surface area contributed by atoms with Crippen molar-refractivity contribution in [2.75, 3.05) is 12.3 Å². The van der Waals surface area contributed by atoms with Gasteiger partial charge >= 0.3 is 0 Å². The Bertz CT molecular complexity index is 58.4. The van der Waals surface area contributed by atoms with Gasteiger partial charge in [-0.3, -0.25) is 0 Å². The molecule has 0 aliphatic rings. The van der Waals surface area contributed by atoms with Crippen molar-refractivity contribution < 1.29 is 9.22 Å². The Labute approximate surface area is 35.3 Å². The van der Waals surface area contributed by atoms with Crippen LogP contribution >= 0.6 is 12.6 Å². The van der Waals surface area contributed by atoms with Crippen LogP contribution in [-0.4, -0.2) is 17.4 Å². The first-order valence-corrected chi connectivity index (χ1v) is 1.29. The average molecular weight is 81.2 g/mol. The van der Waals surface area contributed by atoms with E-state index in [0.29, 0.717) is 0 Å². The van der Waals surface area contributed by atoms with E-state index < -0.39 is 12.3 Å². The van der Waals surface area contributed by atoms with Gasteiger partial charge < -0.3 is 5.11 Å². The minimum atomic E-state index is -2.47. The summed E-state index contributed by atoms with van der Waals surface area (Å²) in [4.78, 5) is 0. The molecule has 1 unspecified atom stereocenters. The standard InChI is InChI=1S/C2H6OS/c3-1-2-4/h3-4H,1-2H2/i1D2,2D. The first-order chi connectivity index (χ1) is 2.94. The molecule has 1 N–H and O–H groups in total. The number of thiol groups is 1. The normalized spacial score (nSPS) is 30.0. The monoisotopic (exact) mass is 81.0 g/mol. The summed E-state index contributed by atoms with van der Waals surface area (Å²) in [5, 5.41) is 8.16. The van der Waals surface area contributed by atoms with Crippen LogP contribution < -0.4 is 0 Å². The van der Waals surface area contributed by atoms with E-state index in [2.05, 4.69) is 12.6 Å². The molecular weight excluding hydrogens is 72.1 g/mol. The molecule has 0 aromatic heterocycles. The average Bonchev–Trinajstić information content (AvgIpc) is 1.31. The molecule has 1 nitrogen and oxygen atoms in total. The Morgan fingerprint density at radius 2 is 2.50 bits per heavy atom. The van der Waals surface area contributed by atoms with Crippen LogP contribution in [0.3, 0.4) is 0 Å². The van der Waals surface area contributed by atoms with E-state index in [9.17, 15) is 0 Å². The van der Waals surface area contributed by atoms with Crippen molar-refractivity contribution in [3.05, 3.63) is 0 Å². The van der Waals surface area contributed by atoms with Gasteiger partial charge in [-0.15, -0.1) is 0 Å². The van der Waals surface area contributed by atoms with Crippen molar-refractivity contribution in [1.29, 1.82) is 0 Å². The second-order valence-corrected chi connectivity index (χ2v) is 0.516. The number of aliphatic hydroxyl groups is 1. The zero-order chi connectivity index (χ0) is 6.08. The summed E-state index contributed by atoms with van der Waals surface area (Å²) in [6, 6.07) is 0. The third-order valence-electron chi connectivity index (χ3n) is 0.0577. The lowest BCUT2D eigenvalue weighted by atomic mass is 10.9. The van der Waals surface area contributed by atoms with Crippen LogP contribution in [0, 0.1) is 0 Å². The van der Waals surface area contributed by atoms with E-state index in [-0.39, 0.29) is 0 Å². The van der Waals surface area contributed by atoms with E-state index in [0.717, 1.165) is 0 Å². The van der Waals surface area contributed by atoms with Crippen LogP contribution in [0.25, 0.3) is 0 Å². The summed E-state index contributed by atoms with van der Waals surface area (Å²) in [6.45, 7) is -2.47. The molecule has 26 valence electrons. The number of rotatable bonds is 1. The summed E-state index contributed by atoms with van der Waals surface area (Å²) in [7, 11) is 0. The lowest BCUT2D eigenvalue weighted by Crippen LogP contribution is -1.76. The largest absolute Gasteiger partial charge is 0.396 e. The van der Waals surface area contributed by atoms with E-state index >= 15 is 0 Å². The van der Waals surface area contributed by atoms with Gasteiger partial charge in [-0.25, -0.2) is 0 Å². The van der Waals surface area contributed by atoms with Crippen LogP contribution in [0.1, 0.15) is 4.11 Å². The Hall–Kier alpha value is 0.310. The highest BCUT2D eigenvalue weighted by Crippen LogP contribution is 1.61. The third-order valence-corrected chi connectivity index (χ3v) is 0.173. The zero-order valence-electron chi connectivity index (χ0n) is 4.97. The molecule has 0 saturated carbocycles. The van der Waals surface area contributed by atoms with Gasteiger partial charge in [0.2, 0.25) is 0 Å². The van der Waals surface area contributed by atoms with Crippen LogP contribution in [0.15, 0.2) is 0 Å². The second kappa shape index (κ2) is 3.31. The molecule has 0 aliphatic heterocycles. The summed E-state index contributed by atoms with van der Waals surface area (Å²) < 4.78 is 19.2. The quantitative estimate of drug-likeness (QED) is 0.423. The van der Waals surface area contributed by atoms with Gasteiger partial charge in [-0.05, 0) is 0 Å². The van der Waals surface area contributed by atoms with Gasteiger partial charge in [0.15, 0.2) is 0 Å². The molecule has 0 aliphatic carbocycles. The second-order valence-electron chi connectivity index (χ2n) is 0.258. The molecule has 4 heavy (non-hydrogen) atoms. The maximum Gasteiger partial charge on any atom is 0.0572 e. The summed E-state index contributed by atoms with van der Waals surface area (Å²) in [5.41, 5.74) is -1.37. The Kier molecular flexibility index (Phi) is 0.981. The fraction of sp³-hybridized carbons (Fsp3) is 1.00. The molecule has 0 aromatic carbocycles. The van der Waals surface area contributed by atoms with Crippen LogP contribution in [0.5, 0.6) is 0 Å². The van der Waals surface area contributed by atoms with Gasteiger partial charge in [0, 0.05) is 7.10 Å². The topological polar surface area (TPSA) is 20.2 Å². The van der Waals surface area contributed by atoms with E-state index in [1.807, 2.05) is 0 Å². The van der Waals surface area contributed by atoms with E-state index in [1.165, 1.54) is 0 Å². The fourth-order valence-corrected chi connectivity index (χ4v) is 0. The lowest BCUT2D eigenvalue weighted by molar-refractivity contribution is 0.323. The molecule has 1 atom stereocenters. The summed E-state index contributed by atoms with van der Waals surface area (Å²) in [6.07, 6.45) is 0. The van der Waals surface area contributed by atoms with Crippen molar-refractivity contribution in [2.45, 2.75) is 0 Å². The van der Waals surface area contributed by atoms with Gasteiger partial charge in [-0.1, -0.05) is 0 Å². The predicted octanol–water partition coefficient (Wildman–Crippen LogP) is -0.0915. The molecule has 0 heterocycles. The van der Waals surface area contributed by atoms with Crippen LogP contribution in [0.4, 0.5) is 0 Å². The van der Waals surface area contributed by atoms with Gasteiger partial charge in [0.05, 0.1) is 9.30 Å². The molecule has 0 radical (unpaired) electrons. The van der Waals surface area contributed by atoms with Crippen molar-refractivity contribution >= 4 is 12.6 Å². The highest BCUT2D eigenvalue weighted by atomic mass is 32.1. The molecule has 0 fully saturated rings. The SMILES string of the molecule is [2H]C(S)C([2H])([2H])O. The van der Waals surface area contributed by atoms with Crippen LogP contribution in [-0.2, 0) is 0 Å². The predicted molar refractivity (Wildman–Crippen MR) is 20.9 cm³/mol. The first-order valence-electron chi connectivity index (χ1n) is 2.35. The minimum Gasteiger partial charge on any atom is -0.396 e. The zero-order valence-corrected chi connectivity index (χ0v) is 2.87. The highest BCUT2D eigenvalue weighted by Gasteiger charge is 1.57. The van der Waals surface area contributed by atoms with Gasteiger partial charge in [0.25, 0.3) is 0 Å². The number of hydrogen-bond acceptors (Lipinski definition) is 2. The summed E-state index contributed by atoms with van der Waals surface area (Å²) >= 11 is 3.32. The fourth-order valence-electron chi connectivity index (χ4n) is 0. The first kappa shape index (κ1) is 1.19. The lowest BCUT2D eigenvalue weighted by Gasteiger charge is -1.69. The summed E-state index contributed by atoms with van der Waals surface area (Å²) in [5.74, 6) is 0. The molecule has 0 bridgehead atoms. The van der Waals surface area contributed by atoms with Gasteiger partial charge in [0.1, 0.15) is 0 Å². The third kappa shape index (κ3) is 2.31. The van der Waals surface area contributed by atoms with Crippen LogP contribution in [0.2, 0.25) is 0 Å². The number of hydrogen-bond donors (Lipinski definition) is 2. The maximum absolute atomic E-state index is 8.16. The van der Waals surface area contributed by atoms with Crippen molar-refractivity contribution in [3.8, 4) is 0 Å². The Morgan fingerprint density at radius 1 is 2.25 bits per heavy atom.